The van der Waals surface area contributed by atoms with Crippen LogP contribution in [0.3, 0.4) is 0 Å². The van der Waals surface area contributed by atoms with E-state index in [-0.39, 0.29) is 0 Å². The van der Waals surface area contributed by atoms with Crippen LogP contribution < -0.4 is 11.1 Å². The van der Waals surface area contributed by atoms with Gasteiger partial charge < -0.3 is 11.1 Å². The molecule has 0 aliphatic rings. The summed E-state index contributed by atoms with van der Waals surface area (Å²) in [5.41, 5.74) is 5.66. The smallest absolute Gasteiger partial charge is 0.0299 e. The minimum atomic E-state index is 0.334. The summed E-state index contributed by atoms with van der Waals surface area (Å²) >= 11 is 1.86. The monoisotopic (exact) mass is 212 g/mol. The van der Waals surface area contributed by atoms with Crippen molar-refractivity contribution in [1.82, 2.24) is 5.32 Å². The maximum absolute atomic E-state index is 5.66. The molecule has 0 amide bonds. The highest BCUT2D eigenvalue weighted by Gasteiger charge is 1.96. The van der Waals surface area contributed by atoms with Crippen LogP contribution in [-0.2, 0) is 6.54 Å². The largest absolute Gasteiger partial charge is 0.328 e. The summed E-state index contributed by atoms with van der Waals surface area (Å²) in [4.78, 5) is 2.81. The molecule has 2 nitrogen and oxygen atoms in total. The second-order valence-electron chi connectivity index (χ2n) is 3.81. The highest BCUT2D eigenvalue weighted by atomic mass is 32.1. The van der Waals surface area contributed by atoms with Crippen molar-refractivity contribution in [2.24, 2.45) is 5.73 Å². The fourth-order valence-corrected chi connectivity index (χ4v) is 2.20. The summed E-state index contributed by atoms with van der Waals surface area (Å²) < 4.78 is 0. The van der Waals surface area contributed by atoms with Crippen LogP contribution in [-0.4, -0.2) is 12.6 Å². The van der Waals surface area contributed by atoms with Gasteiger partial charge in [-0.05, 0) is 45.4 Å². The molecule has 0 spiro atoms. The van der Waals surface area contributed by atoms with Gasteiger partial charge >= 0.3 is 0 Å². The van der Waals surface area contributed by atoms with E-state index in [1.807, 2.05) is 11.3 Å². The van der Waals surface area contributed by atoms with E-state index >= 15 is 0 Å². The van der Waals surface area contributed by atoms with Crippen LogP contribution in [0.15, 0.2) is 12.1 Å². The Morgan fingerprint density at radius 2 is 2.29 bits per heavy atom. The fourth-order valence-electron chi connectivity index (χ4n) is 1.34. The van der Waals surface area contributed by atoms with Gasteiger partial charge in [0.2, 0.25) is 0 Å². The average Bonchev–Trinajstić information content (AvgIpc) is 2.50. The van der Waals surface area contributed by atoms with Gasteiger partial charge in [-0.15, -0.1) is 11.3 Å². The number of nitrogens with one attached hydrogen (secondary N) is 1. The Hall–Kier alpha value is -0.380. The normalized spacial score (nSPS) is 13.1. The molecule has 3 N–H and O–H groups in total. The van der Waals surface area contributed by atoms with Crippen LogP contribution in [0.4, 0.5) is 0 Å². The van der Waals surface area contributed by atoms with E-state index in [9.17, 15) is 0 Å². The molecule has 0 aliphatic heterocycles. The van der Waals surface area contributed by atoms with Crippen molar-refractivity contribution in [1.29, 1.82) is 0 Å². The molecule has 3 heteroatoms. The van der Waals surface area contributed by atoms with Gasteiger partial charge in [-0.3, -0.25) is 0 Å². The van der Waals surface area contributed by atoms with Gasteiger partial charge in [-0.1, -0.05) is 0 Å². The highest BCUT2D eigenvalue weighted by Crippen LogP contribution is 2.14. The Kier molecular flexibility index (Phi) is 5.15. The van der Waals surface area contributed by atoms with E-state index in [1.54, 1.807) is 0 Å². The van der Waals surface area contributed by atoms with Gasteiger partial charge in [0.05, 0.1) is 0 Å². The standard InChI is InChI=1S/C11H20N2S/c1-9(12)4-3-7-13-8-11-6-5-10(2)14-11/h5-6,9,13H,3-4,7-8,12H2,1-2H3. The van der Waals surface area contributed by atoms with Crippen LogP contribution in [0.1, 0.15) is 29.5 Å². The summed E-state index contributed by atoms with van der Waals surface area (Å²) in [5.74, 6) is 0. The molecule has 1 aromatic rings. The lowest BCUT2D eigenvalue weighted by molar-refractivity contribution is 0.576. The van der Waals surface area contributed by atoms with Crippen molar-refractivity contribution in [2.45, 2.75) is 39.3 Å². The zero-order chi connectivity index (χ0) is 10.4. The molecule has 0 saturated heterocycles. The van der Waals surface area contributed by atoms with E-state index in [4.69, 9.17) is 5.73 Å². The molecule has 1 rings (SSSR count). The van der Waals surface area contributed by atoms with E-state index < -0.39 is 0 Å². The van der Waals surface area contributed by atoms with Gasteiger partial charge in [-0.2, -0.15) is 0 Å². The minimum Gasteiger partial charge on any atom is -0.328 e. The van der Waals surface area contributed by atoms with Gasteiger partial charge in [0, 0.05) is 22.3 Å². The van der Waals surface area contributed by atoms with E-state index in [0.717, 1.165) is 19.5 Å². The quantitative estimate of drug-likeness (QED) is 0.710. The molecule has 1 unspecified atom stereocenters. The first-order valence-electron chi connectivity index (χ1n) is 5.20. The molecule has 0 radical (unpaired) electrons. The van der Waals surface area contributed by atoms with Gasteiger partial charge in [0.25, 0.3) is 0 Å². The molecule has 0 fully saturated rings. The van der Waals surface area contributed by atoms with Crippen molar-refractivity contribution in [3.05, 3.63) is 21.9 Å². The molecule has 1 atom stereocenters. The summed E-state index contributed by atoms with van der Waals surface area (Å²) in [6.45, 7) is 6.27. The maximum Gasteiger partial charge on any atom is 0.0299 e. The lowest BCUT2D eigenvalue weighted by Gasteiger charge is -2.05. The van der Waals surface area contributed by atoms with E-state index in [0.29, 0.717) is 6.04 Å². The first-order chi connectivity index (χ1) is 6.68. The SMILES string of the molecule is Cc1ccc(CNCCCC(C)N)s1. The first kappa shape index (κ1) is 11.7. The molecule has 1 heterocycles. The van der Waals surface area contributed by atoms with Crippen molar-refractivity contribution in [3.8, 4) is 0 Å². The summed E-state index contributed by atoms with van der Waals surface area (Å²) in [6.07, 6.45) is 2.28. The third-order valence-corrected chi connectivity index (χ3v) is 3.11. The maximum atomic E-state index is 5.66. The Bertz CT molecular complexity index is 256. The zero-order valence-corrected chi connectivity index (χ0v) is 9.86. The van der Waals surface area contributed by atoms with Crippen molar-refractivity contribution in [2.75, 3.05) is 6.54 Å². The summed E-state index contributed by atoms with van der Waals surface area (Å²) in [6, 6.07) is 4.70. The Morgan fingerprint density at radius 3 is 2.86 bits per heavy atom. The second kappa shape index (κ2) is 6.17. The van der Waals surface area contributed by atoms with Crippen molar-refractivity contribution >= 4 is 11.3 Å². The predicted octanol–water partition coefficient (Wildman–Crippen LogP) is 2.27. The predicted molar refractivity (Wildman–Crippen MR) is 63.6 cm³/mol. The minimum absolute atomic E-state index is 0.334. The van der Waals surface area contributed by atoms with Gasteiger partial charge in [0.1, 0.15) is 0 Å². The third-order valence-electron chi connectivity index (χ3n) is 2.11. The summed E-state index contributed by atoms with van der Waals surface area (Å²) in [7, 11) is 0. The van der Waals surface area contributed by atoms with Gasteiger partial charge in [-0.25, -0.2) is 0 Å². The lowest BCUT2D eigenvalue weighted by Crippen LogP contribution is -2.19. The number of rotatable bonds is 6. The molecular weight excluding hydrogens is 192 g/mol. The average molecular weight is 212 g/mol. The van der Waals surface area contributed by atoms with Crippen LogP contribution in [0.5, 0.6) is 0 Å². The Balaban J connectivity index is 2.04. The van der Waals surface area contributed by atoms with Crippen LogP contribution in [0.2, 0.25) is 0 Å². The lowest BCUT2D eigenvalue weighted by atomic mass is 10.2. The molecule has 0 saturated carbocycles. The third kappa shape index (κ3) is 4.74. The van der Waals surface area contributed by atoms with Crippen molar-refractivity contribution < 1.29 is 0 Å². The molecule has 14 heavy (non-hydrogen) atoms. The van der Waals surface area contributed by atoms with E-state index in [2.05, 4.69) is 31.3 Å². The zero-order valence-electron chi connectivity index (χ0n) is 9.05. The molecule has 80 valence electrons. The fraction of sp³-hybridized carbons (Fsp3) is 0.636. The molecule has 0 aliphatic carbocycles. The van der Waals surface area contributed by atoms with Crippen LogP contribution in [0, 0.1) is 6.92 Å². The molecule has 1 aromatic heterocycles. The Morgan fingerprint density at radius 1 is 1.50 bits per heavy atom. The molecular formula is C11H20N2S. The number of hydrogen-bond donors (Lipinski definition) is 2. The molecule has 0 bridgehead atoms. The topological polar surface area (TPSA) is 38.0 Å². The number of hydrogen-bond acceptors (Lipinski definition) is 3. The van der Waals surface area contributed by atoms with Gasteiger partial charge in [0.15, 0.2) is 0 Å². The number of nitrogens with two attached hydrogens (primary N) is 1. The van der Waals surface area contributed by atoms with Crippen molar-refractivity contribution in [3.63, 3.8) is 0 Å². The Labute approximate surface area is 90.5 Å². The van der Waals surface area contributed by atoms with E-state index in [1.165, 1.54) is 16.2 Å². The first-order valence-corrected chi connectivity index (χ1v) is 6.02. The van der Waals surface area contributed by atoms with Crippen LogP contribution >= 0.6 is 11.3 Å². The van der Waals surface area contributed by atoms with Crippen LogP contribution in [0.25, 0.3) is 0 Å². The molecule has 0 aromatic carbocycles. The second-order valence-corrected chi connectivity index (χ2v) is 5.18. The highest BCUT2D eigenvalue weighted by molar-refractivity contribution is 7.11. The number of thiophene rings is 1. The number of aryl methyl sites for hydroxylation is 1. The summed E-state index contributed by atoms with van der Waals surface area (Å²) in [5, 5.41) is 3.43.